The van der Waals surface area contributed by atoms with Crippen LogP contribution in [-0.2, 0) is 6.54 Å². The molecule has 0 radical (unpaired) electrons. The number of H-pyrrole nitrogens is 1. The molecule has 176 valence electrons. The first-order chi connectivity index (χ1) is 16.8. The first-order valence-electron chi connectivity index (χ1n) is 11.2. The van der Waals surface area contributed by atoms with E-state index in [4.69, 9.17) is 10.5 Å². The number of rotatable bonds is 5. The van der Waals surface area contributed by atoms with Crippen molar-refractivity contribution in [3.63, 3.8) is 0 Å². The van der Waals surface area contributed by atoms with E-state index in [0.717, 1.165) is 33.8 Å². The monoisotopic (exact) mass is 468 g/mol. The lowest BCUT2D eigenvalue weighted by atomic mass is 9.99. The van der Waals surface area contributed by atoms with Gasteiger partial charge in [0.25, 0.3) is 0 Å². The standard InChI is InChI=1S/C26H25N7O2/c1-15-10-19(11-16(2)28-15)22-23(18-8-6-5-7-9-18)30-25(27)33-24(22)31-32(26(33)34)14-20-13-21(35-4)12-17(3)29-20/h5-13H,14H2,1-4H3,(H2,27,28,30,31)/p+1. The van der Waals surface area contributed by atoms with Gasteiger partial charge in [0.15, 0.2) is 0 Å². The fourth-order valence-corrected chi connectivity index (χ4v) is 4.38. The quantitative estimate of drug-likeness (QED) is 0.383. The number of hydrogen-bond donors (Lipinski definition) is 2. The molecule has 5 rings (SSSR count). The van der Waals surface area contributed by atoms with Crippen LogP contribution in [0.2, 0.25) is 0 Å². The van der Waals surface area contributed by atoms with Gasteiger partial charge in [0, 0.05) is 34.8 Å². The van der Waals surface area contributed by atoms with Crippen LogP contribution in [0.3, 0.4) is 0 Å². The number of hydrogen-bond acceptors (Lipinski definition) is 6. The maximum atomic E-state index is 13.5. The average molecular weight is 469 g/mol. The molecule has 5 aromatic rings. The van der Waals surface area contributed by atoms with E-state index < -0.39 is 0 Å². The number of nitrogens with one attached hydrogen (secondary N) is 1. The Morgan fingerprint density at radius 3 is 2.31 bits per heavy atom. The van der Waals surface area contributed by atoms with Crippen LogP contribution in [0.15, 0.2) is 59.4 Å². The summed E-state index contributed by atoms with van der Waals surface area (Å²) in [4.78, 5) is 27.2. The van der Waals surface area contributed by atoms with Gasteiger partial charge in [0.2, 0.25) is 5.65 Å². The second kappa shape index (κ2) is 8.68. The zero-order chi connectivity index (χ0) is 24.7. The number of methoxy groups -OCH3 is 1. The zero-order valence-electron chi connectivity index (χ0n) is 20.0. The minimum absolute atomic E-state index is 0.0971. The summed E-state index contributed by atoms with van der Waals surface area (Å²) >= 11 is 0. The smallest absolute Gasteiger partial charge is 0.428 e. The Labute approximate surface area is 201 Å². The molecule has 0 amide bonds. The predicted octanol–water partition coefficient (Wildman–Crippen LogP) is 3.00. The van der Waals surface area contributed by atoms with E-state index in [1.165, 1.54) is 9.08 Å². The van der Waals surface area contributed by atoms with Crippen molar-refractivity contribution in [3.05, 3.63) is 87.9 Å². The highest BCUT2D eigenvalue weighted by atomic mass is 16.5. The minimum atomic E-state index is -0.337. The fourth-order valence-electron chi connectivity index (χ4n) is 4.38. The van der Waals surface area contributed by atoms with Crippen LogP contribution in [0, 0.1) is 20.8 Å². The number of aromatic amines is 1. The molecule has 0 aliphatic heterocycles. The van der Waals surface area contributed by atoms with Gasteiger partial charge in [-0.2, -0.15) is 4.68 Å². The van der Waals surface area contributed by atoms with Gasteiger partial charge in [-0.25, -0.2) is 9.89 Å². The van der Waals surface area contributed by atoms with Crippen molar-refractivity contribution in [1.29, 1.82) is 0 Å². The summed E-state index contributed by atoms with van der Waals surface area (Å²) in [6, 6.07) is 17.4. The number of aromatic nitrogens is 6. The SMILES string of the molecule is COc1cc(C)nc(Cn2[nH]c3c(-c4cc(C)nc(C)c4)c(-c4ccccc4)nc(N)[n+]3c2=O)c1. The summed E-state index contributed by atoms with van der Waals surface area (Å²) in [7, 11) is 1.60. The molecule has 9 nitrogen and oxygen atoms in total. The molecule has 3 N–H and O–H groups in total. The first kappa shape index (κ1) is 22.3. The third kappa shape index (κ3) is 4.12. The highest BCUT2D eigenvalue weighted by Crippen LogP contribution is 2.33. The van der Waals surface area contributed by atoms with Crippen molar-refractivity contribution < 1.29 is 9.14 Å². The van der Waals surface area contributed by atoms with Crippen molar-refractivity contribution in [2.45, 2.75) is 27.3 Å². The number of aryl methyl sites for hydroxylation is 3. The minimum Gasteiger partial charge on any atom is -0.497 e. The molecular formula is C26H26N7O2+. The lowest BCUT2D eigenvalue weighted by molar-refractivity contribution is -0.516. The molecule has 0 fully saturated rings. The molecule has 0 aliphatic carbocycles. The van der Waals surface area contributed by atoms with Crippen LogP contribution in [0.25, 0.3) is 28.0 Å². The number of benzene rings is 1. The summed E-state index contributed by atoms with van der Waals surface area (Å²) in [6.45, 7) is 5.98. The van der Waals surface area contributed by atoms with Gasteiger partial charge in [-0.3, -0.25) is 9.97 Å². The molecule has 0 unspecified atom stereocenters. The van der Waals surface area contributed by atoms with Crippen LogP contribution in [-0.4, -0.2) is 31.8 Å². The molecule has 1 aromatic carbocycles. The fraction of sp³-hybridized carbons (Fsp3) is 0.192. The molecule has 4 aromatic heterocycles. The summed E-state index contributed by atoms with van der Waals surface area (Å²) in [6.07, 6.45) is 0. The molecule has 0 atom stereocenters. The second-order valence-electron chi connectivity index (χ2n) is 8.50. The van der Waals surface area contributed by atoms with E-state index in [1.807, 2.05) is 75.4 Å². The summed E-state index contributed by atoms with van der Waals surface area (Å²) in [5.41, 5.74) is 13.0. The first-order valence-corrected chi connectivity index (χ1v) is 11.2. The molecule has 35 heavy (non-hydrogen) atoms. The third-order valence-electron chi connectivity index (χ3n) is 5.77. The van der Waals surface area contributed by atoms with Crippen molar-refractivity contribution >= 4 is 11.6 Å². The lowest BCUT2D eigenvalue weighted by Crippen LogP contribution is -2.44. The van der Waals surface area contributed by atoms with Crippen LogP contribution in [0.1, 0.15) is 22.8 Å². The highest BCUT2D eigenvalue weighted by Gasteiger charge is 2.26. The maximum absolute atomic E-state index is 13.5. The van der Waals surface area contributed by atoms with Crippen LogP contribution < -0.4 is 20.6 Å². The van der Waals surface area contributed by atoms with E-state index in [2.05, 4.69) is 20.1 Å². The van der Waals surface area contributed by atoms with Gasteiger partial charge >= 0.3 is 11.6 Å². The Bertz CT molecular complexity index is 1600. The molecule has 4 heterocycles. The van der Waals surface area contributed by atoms with E-state index in [-0.39, 0.29) is 18.2 Å². The number of nitrogens with zero attached hydrogens (tertiary/aromatic N) is 5. The number of ether oxygens (including phenoxy) is 1. The maximum Gasteiger partial charge on any atom is 0.428 e. The van der Waals surface area contributed by atoms with Gasteiger partial charge in [-0.1, -0.05) is 30.3 Å². The Hall–Kier alpha value is -4.53. The van der Waals surface area contributed by atoms with E-state index in [9.17, 15) is 4.79 Å². The third-order valence-corrected chi connectivity index (χ3v) is 5.77. The molecule has 0 aliphatic rings. The van der Waals surface area contributed by atoms with E-state index in [1.54, 1.807) is 7.11 Å². The summed E-state index contributed by atoms with van der Waals surface area (Å²) in [5, 5.41) is 3.27. The molecule has 0 saturated carbocycles. The van der Waals surface area contributed by atoms with Crippen molar-refractivity contribution in [1.82, 2.24) is 24.7 Å². The average Bonchev–Trinajstić information content (AvgIpc) is 3.14. The lowest BCUT2D eigenvalue weighted by Gasteiger charge is -2.10. The number of anilines is 1. The van der Waals surface area contributed by atoms with Crippen molar-refractivity contribution in [2.24, 2.45) is 0 Å². The van der Waals surface area contributed by atoms with E-state index in [0.29, 0.717) is 22.8 Å². The number of nitrogen functional groups attached to an aromatic ring is 1. The Morgan fingerprint density at radius 1 is 0.943 bits per heavy atom. The molecule has 0 bridgehead atoms. The largest absolute Gasteiger partial charge is 0.497 e. The van der Waals surface area contributed by atoms with Crippen LogP contribution >= 0.6 is 0 Å². The Balaban J connectivity index is 1.79. The van der Waals surface area contributed by atoms with Gasteiger partial charge in [0.05, 0.1) is 18.4 Å². The summed E-state index contributed by atoms with van der Waals surface area (Å²) in [5.74, 6) is 0.778. The normalized spacial score (nSPS) is 11.2. The molecule has 0 spiro atoms. The van der Waals surface area contributed by atoms with Gasteiger partial charge < -0.3 is 10.5 Å². The molecule has 9 heteroatoms. The zero-order valence-corrected chi connectivity index (χ0v) is 20.0. The van der Waals surface area contributed by atoms with E-state index >= 15 is 0 Å². The van der Waals surface area contributed by atoms with Crippen molar-refractivity contribution in [3.8, 4) is 28.1 Å². The number of nitrogens with two attached hydrogens (primary N) is 1. The predicted molar refractivity (Wildman–Crippen MR) is 133 cm³/mol. The highest BCUT2D eigenvalue weighted by molar-refractivity contribution is 5.88. The van der Waals surface area contributed by atoms with Crippen LogP contribution in [0.5, 0.6) is 5.75 Å². The number of fused-ring (bicyclic) bond motifs is 1. The molecule has 0 saturated heterocycles. The Morgan fingerprint density at radius 2 is 1.63 bits per heavy atom. The summed E-state index contributed by atoms with van der Waals surface area (Å²) < 4.78 is 8.25. The van der Waals surface area contributed by atoms with Crippen molar-refractivity contribution in [2.75, 3.05) is 12.8 Å². The van der Waals surface area contributed by atoms with Crippen LogP contribution in [0.4, 0.5) is 5.95 Å². The Kier molecular flexibility index (Phi) is 5.52. The second-order valence-corrected chi connectivity index (χ2v) is 8.50. The topological polar surface area (TPSA) is 116 Å². The van der Waals surface area contributed by atoms with Gasteiger partial charge in [-0.05, 0) is 38.5 Å². The van der Waals surface area contributed by atoms with Gasteiger partial charge in [-0.15, -0.1) is 9.38 Å². The van der Waals surface area contributed by atoms with Gasteiger partial charge in [0.1, 0.15) is 18.0 Å². The number of pyridine rings is 2. The molecular weight excluding hydrogens is 442 g/mol.